The van der Waals surface area contributed by atoms with Crippen LogP contribution in [0, 0.1) is 11.3 Å². The molecule has 3 aromatic rings. The van der Waals surface area contributed by atoms with Gasteiger partial charge in [-0.05, 0) is 41.0 Å². The van der Waals surface area contributed by atoms with E-state index >= 15 is 0 Å². The summed E-state index contributed by atoms with van der Waals surface area (Å²) in [4.78, 5) is 8.56. The van der Waals surface area contributed by atoms with Crippen molar-refractivity contribution < 1.29 is 10.2 Å². The molecule has 2 N–H and O–H groups in total. The molecule has 4 rings (SSSR count). The van der Waals surface area contributed by atoms with Gasteiger partial charge in [0, 0.05) is 42.9 Å². The van der Waals surface area contributed by atoms with Gasteiger partial charge in [-0.3, -0.25) is 9.97 Å². The number of nitrogens with zero attached hydrogens (tertiary/aromatic N) is 4. The minimum absolute atomic E-state index is 0.235. The van der Waals surface area contributed by atoms with Crippen LogP contribution in [0.3, 0.4) is 0 Å². The maximum atomic E-state index is 10.7. The lowest BCUT2D eigenvalue weighted by molar-refractivity contribution is -0.234. The van der Waals surface area contributed by atoms with Crippen molar-refractivity contribution in [2.45, 2.75) is 24.3 Å². The number of hydrogen-bond acceptors (Lipinski definition) is 7. The second-order valence-corrected chi connectivity index (χ2v) is 7.98. The SMILES string of the molecule is N#Cc1cccc(C(C(c2cccnc2)c2cccnc2)N2SCCC2(O)O)c1. The number of aromatic nitrogens is 2. The van der Waals surface area contributed by atoms with Crippen LogP contribution in [-0.4, -0.2) is 36.2 Å². The molecule has 6 nitrogen and oxygen atoms in total. The fraction of sp³-hybridized carbons (Fsp3) is 0.227. The lowest BCUT2D eigenvalue weighted by Gasteiger charge is -2.39. The summed E-state index contributed by atoms with van der Waals surface area (Å²) < 4.78 is 1.63. The van der Waals surface area contributed by atoms with E-state index in [0.717, 1.165) is 16.7 Å². The van der Waals surface area contributed by atoms with Gasteiger partial charge in [-0.2, -0.15) is 9.57 Å². The van der Waals surface area contributed by atoms with Gasteiger partial charge in [0.05, 0.1) is 17.7 Å². The van der Waals surface area contributed by atoms with Gasteiger partial charge in [-0.25, -0.2) is 0 Å². The molecular weight excluding hydrogens is 384 g/mol. The molecule has 1 saturated heterocycles. The van der Waals surface area contributed by atoms with Crippen LogP contribution in [0.1, 0.15) is 40.6 Å². The molecule has 146 valence electrons. The molecule has 1 aliphatic heterocycles. The maximum absolute atomic E-state index is 10.7. The topological polar surface area (TPSA) is 93.3 Å². The number of aliphatic hydroxyl groups is 2. The Kier molecular flexibility index (Phi) is 5.60. The van der Waals surface area contributed by atoms with Crippen LogP contribution in [0.25, 0.3) is 0 Å². The van der Waals surface area contributed by atoms with Crippen LogP contribution in [0.2, 0.25) is 0 Å². The predicted octanol–water partition coefficient (Wildman–Crippen LogP) is 3.21. The van der Waals surface area contributed by atoms with E-state index in [-0.39, 0.29) is 12.3 Å². The molecule has 3 heterocycles. The fourth-order valence-electron chi connectivity index (χ4n) is 3.73. The lowest BCUT2D eigenvalue weighted by atomic mass is 9.82. The standard InChI is InChI=1S/C22H20N4O2S/c23-13-16-4-1-5-17(12-16)21(26-22(27,28)8-11-29-26)20(18-6-2-9-24-14-18)19-7-3-10-25-15-19/h1-7,9-10,12,14-15,20-21,27-28H,8,11H2. The van der Waals surface area contributed by atoms with E-state index in [0.29, 0.717) is 11.3 Å². The monoisotopic (exact) mass is 404 g/mol. The first-order valence-electron chi connectivity index (χ1n) is 9.27. The molecule has 7 heteroatoms. The highest BCUT2D eigenvalue weighted by Gasteiger charge is 2.46. The molecule has 0 bridgehead atoms. The summed E-state index contributed by atoms with van der Waals surface area (Å²) in [7, 11) is 0. The Morgan fingerprint density at radius 3 is 2.17 bits per heavy atom. The van der Waals surface area contributed by atoms with Gasteiger partial charge >= 0.3 is 0 Å². The molecule has 0 radical (unpaired) electrons. The zero-order valence-corrected chi connectivity index (χ0v) is 16.4. The van der Waals surface area contributed by atoms with Crippen molar-refractivity contribution in [3.63, 3.8) is 0 Å². The second-order valence-electron chi connectivity index (χ2n) is 6.92. The first-order valence-corrected chi connectivity index (χ1v) is 10.2. The van der Waals surface area contributed by atoms with E-state index in [2.05, 4.69) is 16.0 Å². The third kappa shape index (κ3) is 4.02. The number of rotatable bonds is 5. The summed E-state index contributed by atoms with van der Waals surface area (Å²) in [6.45, 7) is 0. The molecule has 1 unspecified atom stereocenters. The number of nitriles is 1. The Morgan fingerprint density at radius 1 is 1.00 bits per heavy atom. The Hall–Kier alpha value is -2.76. The molecule has 0 aliphatic carbocycles. The van der Waals surface area contributed by atoms with Crippen molar-refractivity contribution in [2.24, 2.45) is 0 Å². The first kappa shape index (κ1) is 19.6. The van der Waals surface area contributed by atoms with Crippen LogP contribution < -0.4 is 0 Å². The Labute approximate surface area is 173 Å². The molecule has 1 aliphatic rings. The van der Waals surface area contributed by atoms with E-state index in [4.69, 9.17) is 0 Å². The highest BCUT2D eigenvalue weighted by atomic mass is 32.2. The molecule has 0 amide bonds. The van der Waals surface area contributed by atoms with Crippen LogP contribution in [0.15, 0.2) is 73.3 Å². The van der Waals surface area contributed by atoms with Crippen LogP contribution in [0.5, 0.6) is 0 Å². The maximum Gasteiger partial charge on any atom is 0.235 e. The molecule has 1 fully saturated rings. The van der Waals surface area contributed by atoms with Crippen LogP contribution >= 0.6 is 11.9 Å². The first-order chi connectivity index (χ1) is 14.1. The number of benzene rings is 1. The van der Waals surface area contributed by atoms with Gasteiger partial charge in [0.1, 0.15) is 0 Å². The van der Waals surface area contributed by atoms with Gasteiger partial charge in [0.15, 0.2) is 0 Å². The highest BCUT2D eigenvalue weighted by molar-refractivity contribution is 7.97. The molecular formula is C22H20N4O2S. The van der Waals surface area contributed by atoms with E-state index in [1.165, 1.54) is 11.9 Å². The molecule has 1 atom stereocenters. The predicted molar refractivity (Wildman–Crippen MR) is 110 cm³/mol. The average molecular weight is 404 g/mol. The van der Waals surface area contributed by atoms with E-state index in [9.17, 15) is 15.5 Å². The van der Waals surface area contributed by atoms with Crippen LogP contribution in [0.4, 0.5) is 0 Å². The van der Waals surface area contributed by atoms with Gasteiger partial charge < -0.3 is 10.2 Å². The summed E-state index contributed by atoms with van der Waals surface area (Å²) in [5, 5.41) is 30.8. The zero-order chi connectivity index (χ0) is 20.3. The Morgan fingerprint density at radius 2 is 1.66 bits per heavy atom. The summed E-state index contributed by atoms with van der Waals surface area (Å²) in [5.41, 5.74) is 3.20. The van der Waals surface area contributed by atoms with E-state index in [1.807, 2.05) is 36.4 Å². The Balaban J connectivity index is 1.92. The number of hydrogen-bond donors (Lipinski definition) is 2. The fourth-order valence-corrected chi connectivity index (χ4v) is 4.99. The van der Waals surface area contributed by atoms with E-state index in [1.54, 1.807) is 41.2 Å². The van der Waals surface area contributed by atoms with Crippen molar-refractivity contribution in [1.82, 2.24) is 14.3 Å². The molecule has 0 spiro atoms. The van der Waals surface area contributed by atoms with Crippen molar-refractivity contribution in [3.05, 3.63) is 95.6 Å². The zero-order valence-electron chi connectivity index (χ0n) is 15.6. The minimum Gasteiger partial charge on any atom is -0.353 e. The Bertz CT molecular complexity index is 969. The average Bonchev–Trinajstić information content (AvgIpc) is 3.11. The molecule has 29 heavy (non-hydrogen) atoms. The second kappa shape index (κ2) is 8.31. The van der Waals surface area contributed by atoms with Gasteiger partial charge in [-0.15, -0.1) is 0 Å². The summed E-state index contributed by atoms with van der Waals surface area (Å²) in [6, 6.07) is 16.7. The van der Waals surface area contributed by atoms with Crippen molar-refractivity contribution >= 4 is 11.9 Å². The third-order valence-corrected chi connectivity index (χ3v) is 6.22. The smallest absolute Gasteiger partial charge is 0.235 e. The number of pyridine rings is 2. The van der Waals surface area contributed by atoms with E-state index < -0.39 is 12.0 Å². The van der Waals surface area contributed by atoms with Crippen molar-refractivity contribution in [3.8, 4) is 6.07 Å². The molecule has 1 aromatic carbocycles. The van der Waals surface area contributed by atoms with Gasteiger partial charge in [0.2, 0.25) is 5.91 Å². The van der Waals surface area contributed by atoms with Gasteiger partial charge in [-0.1, -0.05) is 36.2 Å². The largest absolute Gasteiger partial charge is 0.353 e. The lowest BCUT2D eigenvalue weighted by Crippen LogP contribution is -2.44. The summed E-state index contributed by atoms with van der Waals surface area (Å²) >= 11 is 1.39. The quantitative estimate of drug-likeness (QED) is 0.498. The van der Waals surface area contributed by atoms with Crippen molar-refractivity contribution in [2.75, 3.05) is 5.75 Å². The minimum atomic E-state index is -1.96. The highest BCUT2D eigenvalue weighted by Crippen LogP contribution is 2.49. The normalized spacial score (nSPS) is 17.2. The van der Waals surface area contributed by atoms with Crippen molar-refractivity contribution in [1.29, 1.82) is 5.26 Å². The van der Waals surface area contributed by atoms with Gasteiger partial charge in [0.25, 0.3) is 0 Å². The summed E-state index contributed by atoms with van der Waals surface area (Å²) in [6.07, 6.45) is 7.23. The summed E-state index contributed by atoms with van der Waals surface area (Å²) in [5.74, 6) is -1.63. The molecule has 0 saturated carbocycles. The third-order valence-electron chi connectivity index (χ3n) is 5.03. The molecule has 2 aromatic heterocycles. The van der Waals surface area contributed by atoms with Crippen LogP contribution in [-0.2, 0) is 0 Å².